The van der Waals surface area contributed by atoms with E-state index in [4.69, 9.17) is 4.42 Å². The van der Waals surface area contributed by atoms with E-state index in [9.17, 15) is 4.79 Å². The van der Waals surface area contributed by atoms with Crippen molar-refractivity contribution in [2.24, 2.45) is 0 Å². The fourth-order valence-corrected chi connectivity index (χ4v) is 4.14. The second-order valence-electron chi connectivity index (χ2n) is 5.59. The zero-order valence-corrected chi connectivity index (χ0v) is 16.0. The van der Waals surface area contributed by atoms with Crippen molar-refractivity contribution in [1.82, 2.24) is 15.5 Å². The lowest BCUT2D eigenvalue weighted by Crippen LogP contribution is -2.32. The number of furan rings is 1. The van der Waals surface area contributed by atoms with Gasteiger partial charge in [-0.1, -0.05) is 53.4 Å². The number of hydrogen-bond donors (Lipinski definition) is 2. The molecule has 0 unspecified atom stereocenters. The Kier molecular flexibility index (Phi) is 6.68. The quantitative estimate of drug-likeness (QED) is 0.546. The number of rotatable bonds is 9. The molecule has 3 aromatic rings. The van der Waals surface area contributed by atoms with Crippen molar-refractivity contribution in [3.8, 4) is 0 Å². The molecular formula is C18H20N4O2S2. The van der Waals surface area contributed by atoms with Gasteiger partial charge < -0.3 is 15.1 Å². The van der Waals surface area contributed by atoms with E-state index in [1.54, 1.807) is 6.26 Å². The van der Waals surface area contributed by atoms with Gasteiger partial charge in [0.25, 0.3) is 0 Å². The van der Waals surface area contributed by atoms with Gasteiger partial charge in [-0.25, -0.2) is 0 Å². The highest BCUT2D eigenvalue weighted by Gasteiger charge is 2.16. The summed E-state index contributed by atoms with van der Waals surface area (Å²) in [4.78, 5) is 12.2. The number of benzene rings is 1. The minimum Gasteiger partial charge on any atom is -0.467 e. The minimum absolute atomic E-state index is 0.00576. The largest absolute Gasteiger partial charge is 0.467 e. The summed E-state index contributed by atoms with van der Waals surface area (Å²) in [6.45, 7) is 3.06. The predicted molar refractivity (Wildman–Crippen MR) is 104 cm³/mol. The number of amides is 1. The van der Waals surface area contributed by atoms with Gasteiger partial charge in [-0.3, -0.25) is 4.79 Å². The molecular weight excluding hydrogens is 368 g/mol. The number of carbonyl (C=O) groups is 1. The molecule has 26 heavy (non-hydrogen) atoms. The monoisotopic (exact) mass is 388 g/mol. The molecule has 0 saturated heterocycles. The molecule has 0 aliphatic carbocycles. The number of hydrogen-bond acceptors (Lipinski definition) is 7. The minimum atomic E-state index is -0.225. The Morgan fingerprint density at radius 2 is 2.08 bits per heavy atom. The van der Waals surface area contributed by atoms with E-state index in [1.165, 1.54) is 28.7 Å². The SMILES string of the molecule is C[C@H](Sc1nnc(NCc2ccco2)s1)C(=O)NCCc1ccccc1. The highest BCUT2D eigenvalue weighted by molar-refractivity contribution is 8.02. The van der Waals surface area contributed by atoms with E-state index in [-0.39, 0.29) is 11.2 Å². The molecule has 0 spiro atoms. The highest BCUT2D eigenvalue weighted by Crippen LogP contribution is 2.29. The van der Waals surface area contributed by atoms with E-state index in [2.05, 4.69) is 33.0 Å². The third kappa shape index (κ3) is 5.60. The average Bonchev–Trinajstić information content (AvgIpc) is 3.32. The molecule has 3 rings (SSSR count). The molecule has 0 fully saturated rings. The van der Waals surface area contributed by atoms with Gasteiger partial charge in [0.2, 0.25) is 11.0 Å². The van der Waals surface area contributed by atoms with Crippen molar-refractivity contribution < 1.29 is 9.21 Å². The van der Waals surface area contributed by atoms with Gasteiger partial charge >= 0.3 is 0 Å². The van der Waals surface area contributed by atoms with Crippen LogP contribution in [-0.2, 0) is 17.8 Å². The van der Waals surface area contributed by atoms with E-state index in [1.807, 2.05) is 37.3 Å². The number of thioether (sulfide) groups is 1. The van der Waals surface area contributed by atoms with Crippen LogP contribution in [0.1, 0.15) is 18.2 Å². The summed E-state index contributed by atoms with van der Waals surface area (Å²) in [5.41, 5.74) is 1.21. The van der Waals surface area contributed by atoms with Crippen LogP contribution in [-0.4, -0.2) is 27.9 Å². The summed E-state index contributed by atoms with van der Waals surface area (Å²) >= 11 is 2.84. The lowest BCUT2D eigenvalue weighted by atomic mass is 10.1. The Hall–Kier alpha value is -2.32. The summed E-state index contributed by atoms with van der Waals surface area (Å²) in [6, 6.07) is 13.8. The molecule has 0 aliphatic rings. The maximum absolute atomic E-state index is 12.2. The maximum Gasteiger partial charge on any atom is 0.233 e. The zero-order chi connectivity index (χ0) is 18.2. The highest BCUT2D eigenvalue weighted by atomic mass is 32.2. The molecule has 1 aromatic carbocycles. The van der Waals surface area contributed by atoms with Crippen LogP contribution < -0.4 is 10.6 Å². The number of anilines is 1. The van der Waals surface area contributed by atoms with Crippen LogP contribution in [0.25, 0.3) is 0 Å². The molecule has 0 saturated carbocycles. The smallest absolute Gasteiger partial charge is 0.233 e. The Balaban J connectivity index is 1.40. The predicted octanol–water partition coefficient (Wildman–Crippen LogP) is 3.58. The second-order valence-corrected chi connectivity index (χ2v) is 8.16. The number of nitrogens with zero attached hydrogens (tertiary/aromatic N) is 2. The van der Waals surface area contributed by atoms with Gasteiger partial charge in [0.1, 0.15) is 5.76 Å². The molecule has 0 bridgehead atoms. The molecule has 6 nitrogen and oxygen atoms in total. The van der Waals surface area contributed by atoms with Gasteiger partial charge in [0.05, 0.1) is 18.1 Å². The molecule has 2 N–H and O–H groups in total. The summed E-state index contributed by atoms with van der Waals surface area (Å²) in [6.07, 6.45) is 2.46. The van der Waals surface area contributed by atoms with Crippen LogP contribution in [0.2, 0.25) is 0 Å². The molecule has 8 heteroatoms. The number of carbonyl (C=O) groups excluding carboxylic acids is 1. The first-order valence-electron chi connectivity index (χ1n) is 8.29. The summed E-state index contributed by atoms with van der Waals surface area (Å²) in [5.74, 6) is 0.840. The average molecular weight is 389 g/mol. The first kappa shape index (κ1) is 18.5. The van der Waals surface area contributed by atoms with Crippen LogP contribution in [0.5, 0.6) is 0 Å². The van der Waals surface area contributed by atoms with Crippen molar-refractivity contribution in [1.29, 1.82) is 0 Å². The van der Waals surface area contributed by atoms with Crippen LogP contribution in [0.4, 0.5) is 5.13 Å². The molecule has 0 radical (unpaired) electrons. The number of nitrogens with one attached hydrogen (secondary N) is 2. The Morgan fingerprint density at radius 1 is 1.23 bits per heavy atom. The van der Waals surface area contributed by atoms with Gasteiger partial charge in [-0.15, -0.1) is 10.2 Å². The van der Waals surface area contributed by atoms with Gasteiger partial charge in [0, 0.05) is 6.54 Å². The zero-order valence-electron chi connectivity index (χ0n) is 14.3. The van der Waals surface area contributed by atoms with Crippen LogP contribution in [0, 0.1) is 0 Å². The van der Waals surface area contributed by atoms with Crippen LogP contribution >= 0.6 is 23.1 Å². The standard InChI is InChI=1S/C18H20N4O2S2/c1-13(16(23)19-10-9-14-6-3-2-4-7-14)25-18-22-21-17(26-18)20-12-15-8-5-11-24-15/h2-8,11,13H,9-10,12H2,1H3,(H,19,23)(H,20,21)/t13-/m0/s1. The third-order valence-corrected chi connectivity index (χ3v) is 5.67. The van der Waals surface area contributed by atoms with Crippen LogP contribution in [0.3, 0.4) is 0 Å². The van der Waals surface area contributed by atoms with Crippen molar-refractivity contribution in [3.05, 3.63) is 60.1 Å². The Bertz CT molecular complexity index is 806. The molecule has 1 amide bonds. The van der Waals surface area contributed by atoms with Gasteiger partial charge in [-0.2, -0.15) is 0 Å². The van der Waals surface area contributed by atoms with E-state index in [0.717, 1.165) is 16.5 Å². The second kappa shape index (κ2) is 9.40. The van der Waals surface area contributed by atoms with Crippen molar-refractivity contribution >= 4 is 34.1 Å². The lowest BCUT2D eigenvalue weighted by Gasteiger charge is -2.10. The fraction of sp³-hybridized carbons (Fsp3) is 0.278. The number of aromatic nitrogens is 2. The van der Waals surface area contributed by atoms with Gasteiger partial charge in [0.15, 0.2) is 4.34 Å². The van der Waals surface area contributed by atoms with Crippen molar-refractivity contribution in [2.45, 2.75) is 29.5 Å². The summed E-state index contributed by atoms with van der Waals surface area (Å²) in [7, 11) is 0. The Labute approximate surface area is 160 Å². The maximum atomic E-state index is 12.2. The van der Waals surface area contributed by atoms with Crippen LogP contribution in [0.15, 0.2) is 57.5 Å². The van der Waals surface area contributed by atoms with E-state index >= 15 is 0 Å². The third-order valence-electron chi connectivity index (χ3n) is 3.60. The molecule has 0 aliphatic heterocycles. The van der Waals surface area contributed by atoms with E-state index < -0.39 is 0 Å². The first-order valence-corrected chi connectivity index (χ1v) is 9.98. The summed E-state index contributed by atoms with van der Waals surface area (Å²) in [5, 5.41) is 14.8. The summed E-state index contributed by atoms with van der Waals surface area (Å²) < 4.78 is 6.03. The Morgan fingerprint density at radius 3 is 2.85 bits per heavy atom. The molecule has 2 heterocycles. The molecule has 136 valence electrons. The molecule has 1 atom stereocenters. The normalized spacial score (nSPS) is 11.9. The van der Waals surface area contributed by atoms with Gasteiger partial charge in [-0.05, 0) is 31.0 Å². The lowest BCUT2D eigenvalue weighted by molar-refractivity contribution is -0.120. The fourth-order valence-electron chi connectivity index (χ4n) is 2.23. The van der Waals surface area contributed by atoms with Crippen molar-refractivity contribution in [2.75, 3.05) is 11.9 Å². The molecule has 2 aromatic heterocycles. The first-order chi connectivity index (χ1) is 12.7. The topological polar surface area (TPSA) is 80.1 Å². The van der Waals surface area contributed by atoms with E-state index in [0.29, 0.717) is 18.2 Å². The van der Waals surface area contributed by atoms with Crippen molar-refractivity contribution in [3.63, 3.8) is 0 Å².